The van der Waals surface area contributed by atoms with E-state index in [1.165, 1.54) is 15.0 Å². The smallest absolute Gasteiger partial charge is 0.220 e. The highest BCUT2D eigenvalue weighted by Gasteiger charge is 2.24. The van der Waals surface area contributed by atoms with E-state index in [2.05, 4.69) is 35.6 Å². The molecule has 0 radical (unpaired) electrons. The Kier molecular flexibility index (Phi) is 4.56. The maximum atomic E-state index is 11.2. The molecule has 112 valence electrons. The number of nitrogens with two attached hydrogens (primary N) is 1. The van der Waals surface area contributed by atoms with Gasteiger partial charge in [-0.3, -0.25) is 4.79 Å². The molecule has 1 aromatic heterocycles. The second kappa shape index (κ2) is 6.58. The first-order valence-corrected chi connectivity index (χ1v) is 8.51. The SMILES string of the molecule is NC(=O)C1CCC(CNCc2cc3ccccc3s2)CC1. The molecule has 0 saturated heterocycles. The zero-order chi connectivity index (χ0) is 14.7. The van der Waals surface area contributed by atoms with Crippen molar-refractivity contribution in [1.82, 2.24) is 5.32 Å². The number of carbonyl (C=O) groups is 1. The Hall–Kier alpha value is -1.39. The number of nitrogens with one attached hydrogen (secondary N) is 1. The van der Waals surface area contributed by atoms with Crippen molar-refractivity contribution >= 4 is 27.3 Å². The van der Waals surface area contributed by atoms with Gasteiger partial charge in [0, 0.05) is 22.0 Å². The fraction of sp³-hybridized carbons (Fsp3) is 0.471. The number of carbonyl (C=O) groups excluding carboxylic acids is 1. The number of thiophene rings is 1. The van der Waals surface area contributed by atoms with Crippen LogP contribution < -0.4 is 11.1 Å². The van der Waals surface area contributed by atoms with E-state index in [9.17, 15) is 4.79 Å². The number of fused-ring (bicyclic) bond motifs is 1. The van der Waals surface area contributed by atoms with Crippen LogP contribution in [0.2, 0.25) is 0 Å². The van der Waals surface area contributed by atoms with Crippen molar-refractivity contribution in [3.05, 3.63) is 35.2 Å². The Balaban J connectivity index is 1.45. The van der Waals surface area contributed by atoms with Gasteiger partial charge in [-0.25, -0.2) is 0 Å². The molecular formula is C17H22N2OS. The van der Waals surface area contributed by atoms with Crippen LogP contribution in [0.5, 0.6) is 0 Å². The average Bonchev–Trinajstić information content (AvgIpc) is 2.90. The first-order valence-electron chi connectivity index (χ1n) is 7.70. The fourth-order valence-electron chi connectivity index (χ4n) is 3.17. The van der Waals surface area contributed by atoms with Crippen molar-refractivity contribution in [1.29, 1.82) is 0 Å². The van der Waals surface area contributed by atoms with Crippen molar-refractivity contribution in [2.75, 3.05) is 6.54 Å². The van der Waals surface area contributed by atoms with Gasteiger partial charge in [-0.2, -0.15) is 0 Å². The molecule has 3 nitrogen and oxygen atoms in total. The number of amides is 1. The second-order valence-electron chi connectivity index (χ2n) is 6.00. The minimum absolute atomic E-state index is 0.115. The van der Waals surface area contributed by atoms with E-state index in [4.69, 9.17) is 5.73 Å². The topological polar surface area (TPSA) is 55.1 Å². The lowest BCUT2D eigenvalue weighted by atomic mass is 9.81. The molecule has 2 aromatic rings. The molecule has 3 N–H and O–H groups in total. The molecule has 0 aliphatic heterocycles. The molecule has 3 rings (SSSR count). The number of benzene rings is 1. The van der Waals surface area contributed by atoms with Crippen LogP contribution in [0.4, 0.5) is 0 Å². The predicted molar refractivity (Wildman–Crippen MR) is 88.2 cm³/mol. The lowest BCUT2D eigenvalue weighted by Gasteiger charge is -2.26. The Morgan fingerprint density at radius 1 is 1.24 bits per heavy atom. The molecular weight excluding hydrogens is 280 g/mol. The molecule has 1 saturated carbocycles. The Bertz CT molecular complexity index is 581. The molecule has 1 aromatic carbocycles. The highest BCUT2D eigenvalue weighted by atomic mass is 32.1. The summed E-state index contributed by atoms with van der Waals surface area (Å²) in [5.74, 6) is 0.686. The monoisotopic (exact) mass is 302 g/mol. The van der Waals surface area contributed by atoms with Gasteiger partial charge >= 0.3 is 0 Å². The van der Waals surface area contributed by atoms with E-state index >= 15 is 0 Å². The molecule has 0 spiro atoms. The summed E-state index contributed by atoms with van der Waals surface area (Å²) in [6.07, 6.45) is 4.16. The molecule has 0 bridgehead atoms. The summed E-state index contributed by atoms with van der Waals surface area (Å²) in [7, 11) is 0. The van der Waals surface area contributed by atoms with E-state index in [1.807, 2.05) is 11.3 Å². The highest BCUT2D eigenvalue weighted by Crippen LogP contribution is 2.28. The van der Waals surface area contributed by atoms with Gasteiger partial charge in [0.1, 0.15) is 0 Å². The third-order valence-corrected chi connectivity index (χ3v) is 5.57. The van der Waals surface area contributed by atoms with Crippen LogP contribution in [0.3, 0.4) is 0 Å². The molecule has 1 fully saturated rings. The number of rotatable bonds is 5. The highest BCUT2D eigenvalue weighted by molar-refractivity contribution is 7.19. The lowest BCUT2D eigenvalue weighted by molar-refractivity contribution is -0.122. The average molecular weight is 302 g/mol. The fourth-order valence-corrected chi connectivity index (χ4v) is 4.21. The molecule has 0 atom stereocenters. The molecule has 1 aliphatic carbocycles. The first-order chi connectivity index (χ1) is 10.2. The summed E-state index contributed by atoms with van der Waals surface area (Å²) in [5, 5.41) is 4.91. The van der Waals surface area contributed by atoms with Crippen LogP contribution in [-0.4, -0.2) is 12.5 Å². The van der Waals surface area contributed by atoms with E-state index in [0.717, 1.165) is 38.8 Å². The minimum Gasteiger partial charge on any atom is -0.369 e. The van der Waals surface area contributed by atoms with Crippen molar-refractivity contribution in [2.45, 2.75) is 32.2 Å². The zero-order valence-electron chi connectivity index (χ0n) is 12.2. The van der Waals surface area contributed by atoms with Gasteiger partial charge in [-0.05, 0) is 55.7 Å². The maximum Gasteiger partial charge on any atom is 0.220 e. The van der Waals surface area contributed by atoms with Crippen LogP contribution in [0.15, 0.2) is 30.3 Å². The van der Waals surface area contributed by atoms with Gasteiger partial charge in [0.25, 0.3) is 0 Å². The van der Waals surface area contributed by atoms with Gasteiger partial charge < -0.3 is 11.1 Å². The third kappa shape index (κ3) is 3.63. The predicted octanol–water partition coefficient (Wildman–Crippen LogP) is 3.28. The molecule has 21 heavy (non-hydrogen) atoms. The zero-order valence-corrected chi connectivity index (χ0v) is 13.0. The van der Waals surface area contributed by atoms with Crippen molar-refractivity contribution in [2.24, 2.45) is 17.6 Å². The minimum atomic E-state index is -0.119. The summed E-state index contributed by atoms with van der Waals surface area (Å²) < 4.78 is 1.36. The van der Waals surface area contributed by atoms with Gasteiger partial charge in [0.2, 0.25) is 5.91 Å². The molecule has 4 heteroatoms. The van der Waals surface area contributed by atoms with Crippen molar-refractivity contribution < 1.29 is 4.79 Å². The normalized spacial score (nSPS) is 22.5. The van der Waals surface area contributed by atoms with Crippen molar-refractivity contribution in [3.63, 3.8) is 0 Å². The first kappa shape index (κ1) is 14.5. The Morgan fingerprint density at radius 2 is 2.00 bits per heavy atom. The molecule has 0 unspecified atom stereocenters. The quantitative estimate of drug-likeness (QED) is 0.890. The second-order valence-corrected chi connectivity index (χ2v) is 7.17. The van der Waals surface area contributed by atoms with Gasteiger partial charge in [0.05, 0.1) is 0 Å². The number of hydrogen-bond donors (Lipinski definition) is 2. The number of primary amides is 1. The summed E-state index contributed by atoms with van der Waals surface area (Å²) >= 11 is 1.86. The third-order valence-electron chi connectivity index (χ3n) is 4.46. The Morgan fingerprint density at radius 3 is 2.71 bits per heavy atom. The van der Waals surface area contributed by atoms with Crippen LogP contribution in [0.1, 0.15) is 30.6 Å². The summed E-state index contributed by atoms with van der Waals surface area (Å²) in [6.45, 7) is 1.98. The van der Waals surface area contributed by atoms with E-state index in [-0.39, 0.29) is 11.8 Å². The van der Waals surface area contributed by atoms with Gasteiger partial charge in [0.15, 0.2) is 0 Å². The summed E-state index contributed by atoms with van der Waals surface area (Å²) in [4.78, 5) is 12.5. The largest absolute Gasteiger partial charge is 0.369 e. The lowest BCUT2D eigenvalue weighted by Crippen LogP contribution is -2.31. The van der Waals surface area contributed by atoms with Crippen molar-refractivity contribution in [3.8, 4) is 0 Å². The summed E-state index contributed by atoms with van der Waals surface area (Å²) in [6, 6.07) is 10.8. The molecule has 1 amide bonds. The van der Waals surface area contributed by atoms with E-state index < -0.39 is 0 Å². The maximum absolute atomic E-state index is 11.2. The van der Waals surface area contributed by atoms with Crippen LogP contribution in [-0.2, 0) is 11.3 Å². The van der Waals surface area contributed by atoms with Gasteiger partial charge in [-0.1, -0.05) is 18.2 Å². The standard InChI is InChI=1S/C17H22N2OS/c18-17(20)13-7-5-12(6-8-13)10-19-11-15-9-14-3-1-2-4-16(14)21-15/h1-4,9,12-13,19H,5-8,10-11H2,(H2,18,20). The van der Waals surface area contributed by atoms with E-state index in [1.54, 1.807) is 0 Å². The van der Waals surface area contributed by atoms with Crippen LogP contribution in [0, 0.1) is 11.8 Å². The van der Waals surface area contributed by atoms with E-state index in [0.29, 0.717) is 5.92 Å². The molecule has 1 heterocycles. The van der Waals surface area contributed by atoms with Gasteiger partial charge in [-0.15, -0.1) is 11.3 Å². The Labute approximate surface area is 129 Å². The number of hydrogen-bond acceptors (Lipinski definition) is 3. The molecule has 1 aliphatic rings. The summed E-state index contributed by atoms with van der Waals surface area (Å²) in [5.41, 5.74) is 5.37. The van der Waals surface area contributed by atoms with Crippen LogP contribution in [0.25, 0.3) is 10.1 Å². The van der Waals surface area contributed by atoms with Crippen LogP contribution >= 0.6 is 11.3 Å².